The zero-order chi connectivity index (χ0) is 19.4. The minimum Gasteiger partial charge on any atom is -0.483 e. The standard InChI is InChI=1S/C20H29N5O2/c1-13(2)16-6-5-14(3)11-17(16)27-12-18(26)22-20-23-19(24-25(20)4)15-7-9-21-10-8-15/h5-6,11,13,15,21H,7-10,12H2,1-4H3,(H,22,23,24,26). The summed E-state index contributed by atoms with van der Waals surface area (Å²) in [5.41, 5.74) is 2.20. The normalized spacial score (nSPS) is 15.1. The first-order valence-corrected chi connectivity index (χ1v) is 9.59. The van der Waals surface area contributed by atoms with Gasteiger partial charge >= 0.3 is 0 Å². The average molecular weight is 371 g/mol. The van der Waals surface area contributed by atoms with E-state index in [0.29, 0.717) is 17.8 Å². The zero-order valence-corrected chi connectivity index (χ0v) is 16.6. The zero-order valence-electron chi connectivity index (χ0n) is 16.6. The molecule has 2 aromatic rings. The first-order chi connectivity index (χ1) is 12.9. The third-order valence-corrected chi connectivity index (χ3v) is 4.88. The second kappa shape index (κ2) is 8.52. The monoisotopic (exact) mass is 371 g/mol. The number of benzene rings is 1. The molecule has 2 N–H and O–H groups in total. The summed E-state index contributed by atoms with van der Waals surface area (Å²) < 4.78 is 7.42. The molecule has 0 atom stereocenters. The third kappa shape index (κ3) is 4.86. The maximum atomic E-state index is 12.4. The summed E-state index contributed by atoms with van der Waals surface area (Å²) in [4.78, 5) is 16.9. The van der Waals surface area contributed by atoms with Gasteiger partial charge in [-0.15, -0.1) is 0 Å². The highest BCUT2D eigenvalue weighted by molar-refractivity contribution is 5.90. The van der Waals surface area contributed by atoms with Crippen LogP contribution in [0.3, 0.4) is 0 Å². The summed E-state index contributed by atoms with van der Waals surface area (Å²) in [6.07, 6.45) is 2.04. The predicted molar refractivity (Wildman–Crippen MR) is 105 cm³/mol. The molecule has 1 saturated heterocycles. The largest absolute Gasteiger partial charge is 0.483 e. The summed E-state index contributed by atoms with van der Waals surface area (Å²) >= 11 is 0. The molecule has 146 valence electrons. The number of nitrogens with zero attached hydrogens (tertiary/aromatic N) is 3. The second-order valence-corrected chi connectivity index (χ2v) is 7.47. The van der Waals surface area contributed by atoms with Crippen LogP contribution < -0.4 is 15.4 Å². The van der Waals surface area contributed by atoms with Gasteiger partial charge < -0.3 is 10.1 Å². The number of amides is 1. The fourth-order valence-electron chi connectivity index (χ4n) is 3.31. The number of rotatable bonds is 6. The molecule has 7 heteroatoms. The lowest BCUT2D eigenvalue weighted by atomic mass is 9.98. The van der Waals surface area contributed by atoms with Gasteiger partial charge in [-0.2, -0.15) is 10.1 Å². The highest BCUT2D eigenvalue weighted by Crippen LogP contribution is 2.27. The predicted octanol–water partition coefficient (Wildman–Crippen LogP) is 2.73. The average Bonchev–Trinajstić information content (AvgIpc) is 3.01. The number of hydrogen-bond donors (Lipinski definition) is 2. The van der Waals surface area contributed by atoms with Crippen molar-refractivity contribution in [3.05, 3.63) is 35.2 Å². The highest BCUT2D eigenvalue weighted by Gasteiger charge is 2.21. The Morgan fingerprint density at radius 2 is 2.11 bits per heavy atom. The van der Waals surface area contributed by atoms with Crippen LogP contribution in [0.15, 0.2) is 18.2 Å². The molecule has 0 bridgehead atoms. The van der Waals surface area contributed by atoms with E-state index in [0.717, 1.165) is 48.6 Å². The molecule has 3 rings (SSSR count). The van der Waals surface area contributed by atoms with E-state index in [2.05, 4.69) is 46.7 Å². The molecule has 0 unspecified atom stereocenters. The van der Waals surface area contributed by atoms with E-state index in [1.54, 1.807) is 11.7 Å². The summed E-state index contributed by atoms with van der Waals surface area (Å²) in [6, 6.07) is 6.09. The van der Waals surface area contributed by atoms with E-state index in [1.165, 1.54) is 0 Å². The van der Waals surface area contributed by atoms with E-state index in [1.807, 2.05) is 13.0 Å². The van der Waals surface area contributed by atoms with Crippen LogP contribution in [0, 0.1) is 6.92 Å². The van der Waals surface area contributed by atoms with Gasteiger partial charge in [0.25, 0.3) is 5.91 Å². The van der Waals surface area contributed by atoms with Crippen LogP contribution in [0.2, 0.25) is 0 Å². The Kier molecular flexibility index (Phi) is 6.11. The van der Waals surface area contributed by atoms with Crippen molar-refractivity contribution in [2.24, 2.45) is 7.05 Å². The number of carbonyl (C=O) groups is 1. The first-order valence-electron chi connectivity index (χ1n) is 9.59. The van der Waals surface area contributed by atoms with E-state index in [-0.39, 0.29) is 12.5 Å². The molecular weight excluding hydrogens is 342 g/mol. The molecule has 1 aromatic carbocycles. The van der Waals surface area contributed by atoms with Gasteiger partial charge in [-0.05, 0) is 56.0 Å². The Bertz CT molecular complexity index is 794. The van der Waals surface area contributed by atoms with Gasteiger partial charge in [0.2, 0.25) is 5.95 Å². The first kappa shape index (κ1) is 19.4. The van der Waals surface area contributed by atoms with Crippen molar-refractivity contribution in [1.29, 1.82) is 0 Å². The van der Waals surface area contributed by atoms with Crippen LogP contribution in [0.4, 0.5) is 5.95 Å². The lowest BCUT2D eigenvalue weighted by Crippen LogP contribution is -2.27. The minimum atomic E-state index is -0.237. The van der Waals surface area contributed by atoms with Gasteiger partial charge in [-0.1, -0.05) is 26.0 Å². The van der Waals surface area contributed by atoms with E-state index < -0.39 is 0 Å². The number of aryl methyl sites for hydroxylation is 2. The van der Waals surface area contributed by atoms with Crippen LogP contribution in [0.5, 0.6) is 5.75 Å². The highest BCUT2D eigenvalue weighted by atomic mass is 16.5. The van der Waals surface area contributed by atoms with Crippen LogP contribution >= 0.6 is 0 Å². The van der Waals surface area contributed by atoms with Crippen molar-refractivity contribution in [3.63, 3.8) is 0 Å². The molecule has 0 spiro atoms. The molecule has 1 aromatic heterocycles. The molecule has 7 nitrogen and oxygen atoms in total. The Balaban J connectivity index is 1.62. The molecule has 0 radical (unpaired) electrons. The van der Waals surface area contributed by atoms with Crippen molar-refractivity contribution in [1.82, 2.24) is 20.1 Å². The molecule has 0 saturated carbocycles. The Morgan fingerprint density at radius 3 is 2.81 bits per heavy atom. The van der Waals surface area contributed by atoms with Gasteiger partial charge in [0, 0.05) is 13.0 Å². The number of anilines is 1. The van der Waals surface area contributed by atoms with Gasteiger partial charge in [0.1, 0.15) is 5.75 Å². The van der Waals surface area contributed by atoms with E-state index >= 15 is 0 Å². The Labute approximate surface area is 160 Å². The van der Waals surface area contributed by atoms with Gasteiger partial charge in [0.05, 0.1) is 0 Å². The molecule has 1 aliphatic heterocycles. The lowest BCUT2D eigenvalue weighted by molar-refractivity contribution is -0.118. The number of aromatic nitrogens is 3. The Hall–Kier alpha value is -2.41. The summed E-state index contributed by atoms with van der Waals surface area (Å²) in [5.74, 6) is 2.46. The van der Waals surface area contributed by atoms with Crippen molar-refractivity contribution in [2.75, 3.05) is 25.0 Å². The van der Waals surface area contributed by atoms with Crippen molar-refractivity contribution in [3.8, 4) is 5.75 Å². The molecular formula is C20H29N5O2. The molecule has 27 heavy (non-hydrogen) atoms. The molecule has 1 amide bonds. The second-order valence-electron chi connectivity index (χ2n) is 7.47. The third-order valence-electron chi connectivity index (χ3n) is 4.88. The number of ether oxygens (including phenoxy) is 1. The van der Waals surface area contributed by atoms with Gasteiger partial charge in [-0.25, -0.2) is 4.68 Å². The molecule has 1 aliphatic rings. The van der Waals surface area contributed by atoms with Crippen LogP contribution in [0.1, 0.15) is 55.5 Å². The number of piperidine rings is 1. The van der Waals surface area contributed by atoms with Crippen molar-refractivity contribution >= 4 is 11.9 Å². The Morgan fingerprint density at radius 1 is 1.37 bits per heavy atom. The smallest absolute Gasteiger partial charge is 0.264 e. The molecule has 1 fully saturated rings. The summed E-state index contributed by atoms with van der Waals surface area (Å²) in [5, 5.41) is 10.6. The molecule has 0 aliphatic carbocycles. The fourth-order valence-corrected chi connectivity index (χ4v) is 3.31. The van der Waals surface area contributed by atoms with Crippen LogP contribution in [-0.2, 0) is 11.8 Å². The van der Waals surface area contributed by atoms with Gasteiger partial charge in [-0.3, -0.25) is 10.1 Å². The van der Waals surface area contributed by atoms with Crippen LogP contribution in [-0.4, -0.2) is 40.4 Å². The lowest BCUT2D eigenvalue weighted by Gasteiger charge is -2.19. The molecule has 2 heterocycles. The van der Waals surface area contributed by atoms with E-state index in [9.17, 15) is 4.79 Å². The van der Waals surface area contributed by atoms with Gasteiger partial charge in [0.15, 0.2) is 12.4 Å². The maximum Gasteiger partial charge on any atom is 0.264 e. The number of carbonyl (C=O) groups excluding carboxylic acids is 1. The maximum absolute atomic E-state index is 12.4. The van der Waals surface area contributed by atoms with Crippen molar-refractivity contribution < 1.29 is 9.53 Å². The van der Waals surface area contributed by atoms with E-state index in [4.69, 9.17) is 4.74 Å². The quantitative estimate of drug-likeness (QED) is 0.816. The topological polar surface area (TPSA) is 81.1 Å². The number of nitrogens with one attached hydrogen (secondary N) is 2. The summed E-state index contributed by atoms with van der Waals surface area (Å²) in [6.45, 7) is 8.14. The summed E-state index contributed by atoms with van der Waals surface area (Å²) in [7, 11) is 1.80. The minimum absolute atomic E-state index is 0.0568. The SMILES string of the molecule is Cc1ccc(C(C)C)c(OCC(=O)Nc2nc(C3CCNCC3)nn2C)c1. The van der Waals surface area contributed by atoms with Crippen LogP contribution in [0.25, 0.3) is 0 Å². The fraction of sp³-hybridized carbons (Fsp3) is 0.550. The van der Waals surface area contributed by atoms with Crippen molar-refractivity contribution in [2.45, 2.75) is 45.4 Å². The number of hydrogen-bond acceptors (Lipinski definition) is 5.